The van der Waals surface area contributed by atoms with Gasteiger partial charge in [0.15, 0.2) is 0 Å². The lowest BCUT2D eigenvalue weighted by Crippen LogP contribution is -2.45. The summed E-state index contributed by atoms with van der Waals surface area (Å²) in [5.74, 6) is -0.593. The average Bonchev–Trinajstić information content (AvgIpc) is 3.06. The molecule has 7 nitrogen and oxygen atoms in total. The molecule has 9 heteroatoms. The van der Waals surface area contributed by atoms with Crippen LogP contribution in [0.25, 0.3) is 0 Å². The molecule has 0 aromatic heterocycles. The Bertz CT molecular complexity index is 1260. The predicted octanol–water partition coefficient (Wildman–Crippen LogP) is 6.43. The summed E-state index contributed by atoms with van der Waals surface area (Å²) >= 11 is 3.46. The molecule has 0 radical (unpaired) electrons. The molecule has 3 aromatic rings. The monoisotopic (exact) mass is 573 g/mol. The first-order chi connectivity index (χ1) is 17.2. The topological polar surface area (TPSA) is 85.3 Å². The maximum Gasteiger partial charge on any atom is 0.475 e. The summed E-state index contributed by atoms with van der Waals surface area (Å²) < 4.78 is 31.0. The van der Waals surface area contributed by atoms with Crippen molar-refractivity contribution in [3.8, 4) is 0 Å². The molecule has 190 valence electrons. The quantitative estimate of drug-likeness (QED) is 0.281. The first kappa shape index (κ1) is 26.7. The van der Waals surface area contributed by atoms with Crippen molar-refractivity contribution < 1.29 is 28.0 Å². The zero-order valence-electron chi connectivity index (χ0n) is 20.4. The fourth-order valence-electron chi connectivity index (χ4n) is 4.32. The third-order valence-electron chi connectivity index (χ3n) is 5.98. The molecule has 3 aromatic carbocycles. The van der Waals surface area contributed by atoms with Crippen LogP contribution in [0.15, 0.2) is 77.3 Å². The number of halogens is 1. The van der Waals surface area contributed by atoms with Crippen LogP contribution in [0.5, 0.6) is 0 Å². The van der Waals surface area contributed by atoms with Crippen LogP contribution in [0.1, 0.15) is 42.2 Å². The van der Waals surface area contributed by atoms with Crippen LogP contribution >= 0.6 is 23.8 Å². The van der Waals surface area contributed by atoms with E-state index in [0.29, 0.717) is 21.3 Å². The molecule has 1 aliphatic rings. The van der Waals surface area contributed by atoms with Crippen molar-refractivity contribution in [3.63, 3.8) is 0 Å². The first-order valence-corrected chi connectivity index (χ1v) is 14.0. The highest BCUT2D eigenvalue weighted by Gasteiger charge is 2.58. The molecule has 0 fully saturated rings. The number of nitrogens with zero attached hydrogens (tertiary/aromatic N) is 1. The normalized spacial score (nSPS) is 18.4. The minimum atomic E-state index is -4.13. The number of phosphoric acid groups is 1. The number of benzene rings is 3. The van der Waals surface area contributed by atoms with Crippen molar-refractivity contribution >= 4 is 35.3 Å². The largest absolute Gasteiger partial charge is 0.475 e. The molecule has 1 aliphatic heterocycles. The van der Waals surface area contributed by atoms with Gasteiger partial charge in [-0.1, -0.05) is 76.1 Å². The number of hydrogen-bond donors (Lipinski definition) is 1. The number of carbonyl (C=O) groups is 1. The molecule has 0 bridgehead atoms. The molecular formula is C27H29BrNO6P. The highest BCUT2D eigenvalue weighted by molar-refractivity contribution is 9.10. The van der Waals surface area contributed by atoms with E-state index in [1.165, 1.54) is 4.90 Å². The summed E-state index contributed by atoms with van der Waals surface area (Å²) in [5, 5.41) is 12.3. The Hall–Kier alpha value is -2.32. The summed E-state index contributed by atoms with van der Waals surface area (Å²) in [4.78, 5) is 15.6. The van der Waals surface area contributed by atoms with E-state index in [-0.39, 0.29) is 19.8 Å². The van der Waals surface area contributed by atoms with Crippen LogP contribution in [-0.2, 0) is 35.1 Å². The Morgan fingerprint density at radius 2 is 1.64 bits per heavy atom. The highest BCUT2D eigenvalue weighted by atomic mass is 79.9. The number of amides is 1. The molecule has 0 saturated heterocycles. The zero-order valence-corrected chi connectivity index (χ0v) is 22.9. The number of anilines is 1. The summed E-state index contributed by atoms with van der Waals surface area (Å²) in [6.07, 6.45) is -1.37. The van der Waals surface area contributed by atoms with Crippen LogP contribution in [0.2, 0.25) is 0 Å². The Morgan fingerprint density at radius 1 is 1.00 bits per heavy atom. The lowest BCUT2D eigenvalue weighted by molar-refractivity contribution is -0.149. The molecule has 1 amide bonds. The van der Waals surface area contributed by atoms with Gasteiger partial charge >= 0.3 is 7.82 Å². The van der Waals surface area contributed by atoms with Gasteiger partial charge in [-0.3, -0.25) is 18.4 Å². The van der Waals surface area contributed by atoms with E-state index in [1.807, 2.05) is 55.5 Å². The first-order valence-electron chi connectivity index (χ1n) is 11.7. The third-order valence-corrected chi connectivity index (χ3v) is 8.09. The molecule has 1 N–H and O–H groups in total. The molecule has 0 spiro atoms. The molecule has 1 heterocycles. The number of hydrogen-bond acceptors (Lipinski definition) is 6. The lowest BCUT2D eigenvalue weighted by atomic mass is 9.85. The zero-order chi connectivity index (χ0) is 25.9. The van der Waals surface area contributed by atoms with Crippen molar-refractivity contribution in [1.29, 1.82) is 0 Å². The second kappa shape index (κ2) is 11.0. The smallest absolute Gasteiger partial charge is 0.373 e. The van der Waals surface area contributed by atoms with Gasteiger partial charge in [-0.25, -0.2) is 4.57 Å². The van der Waals surface area contributed by atoms with E-state index in [4.69, 9.17) is 13.6 Å². The predicted molar refractivity (Wildman–Crippen MR) is 142 cm³/mol. The Labute approximate surface area is 219 Å². The molecule has 36 heavy (non-hydrogen) atoms. The van der Waals surface area contributed by atoms with Gasteiger partial charge in [0, 0.05) is 10.0 Å². The average molecular weight is 574 g/mol. The standard InChI is InChI=1S/C27H29BrNO6P/c1-4-33-36(32,34-5-2)35-25(21-13-11-19(3)12-14-21)27(31)23-17-22(28)15-16-24(23)29(26(27)30)18-20-9-7-6-8-10-20/h6-17,25,31H,4-5,18H2,1-3H3/t25-,27+/m0/s1. The van der Waals surface area contributed by atoms with E-state index in [9.17, 15) is 14.5 Å². The van der Waals surface area contributed by atoms with Gasteiger partial charge in [-0.2, -0.15) is 0 Å². The van der Waals surface area contributed by atoms with Gasteiger partial charge in [0.1, 0.15) is 6.10 Å². The van der Waals surface area contributed by atoms with Crippen LogP contribution in [-0.4, -0.2) is 24.2 Å². The summed E-state index contributed by atoms with van der Waals surface area (Å²) in [6.45, 7) is 5.62. The summed E-state index contributed by atoms with van der Waals surface area (Å²) in [7, 11) is -4.13. The van der Waals surface area contributed by atoms with Crippen molar-refractivity contribution in [1.82, 2.24) is 0 Å². The van der Waals surface area contributed by atoms with E-state index >= 15 is 0 Å². The summed E-state index contributed by atoms with van der Waals surface area (Å²) in [5.41, 5.74) is 1.01. The number of phosphoric ester groups is 1. The van der Waals surface area contributed by atoms with Crippen molar-refractivity contribution in [3.05, 3.63) is 99.5 Å². The fourth-order valence-corrected chi connectivity index (χ4v) is 6.04. The number of rotatable bonds is 10. The second-order valence-electron chi connectivity index (χ2n) is 8.48. The van der Waals surface area contributed by atoms with E-state index < -0.39 is 25.4 Å². The lowest BCUT2D eigenvalue weighted by Gasteiger charge is -2.34. The van der Waals surface area contributed by atoms with Gasteiger partial charge in [-0.05, 0) is 50.1 Å². The van der Waals surface area contributed by atoms with Gasteiger partial charge in [0.05, 0.1) is 25.4 Å². The Kier molecular flexibility index (Phi) is 8.15. The number of aliphatic hydroxyl groups is 1. The Balaban J connectivity index is 1.87. The van der Waals surface area contributed by atoms with Crippen molar-refractivity contribution in [2.45, 2.75) is 39.0 Å². The number of aryl methyl sites for hydroxylation is 1. The molecule has 4 rings (SSSR count). The number of carbonyl (C=O) groups excluding carboxylic acids is 1. The number of fused-ring (bicyclic) bond motifs is 1. The maximum absolute atomic E-state index is 14.1. The molecule has 0 aliphatic carbocycles. The highest BCUT2D eigenvalue weighted by Crippen LogP contribution is 2.59. The van der Waals surface area contributed by atoms with E-state index in [0.717, 1.165) is 11.1 Å². The van der Waals surface area contributed by atoms with Gasteiger partial charge in [0.25, 0.3) is 5.91 Å². The van der Waals surface area contributed by atoms with Crippen LogP contribution < -0.4 is 4.90 Å². The van der Waals surface area contributed by atoms with Crippen molar-refractivity contribution in [2.24, 2.45) is 0 Å². The van der Waals surface area contributed by atoms with Crippen LogP contribution in [0.3, 0.4) is 0 Å². The van der Waals surface area contributed by atoms with Gasteiger partial charge in [-0.15, -0.1) is 0 Å². The molecule has 2 atom stereocenters. The van der Waals surface area contributed by atoms with Gasteiger partial charge < -0.3 is 10.0 Å². The maximum atomic E-state index is 14.1. The van der Waals surface area contributed by atoms with Crippen LogP contribution in [0.4, 0.5) is 5.69 Å². The second-order valence-corrected chi connectivity index (χ2v) is 11.0. The van der Waals surface area contributed by atoms with E-state index in [1.54, 1.807) is 38.1 Å². The van der Waals surface area contributed by atoms with Crippen molar-refractivity contribution in [2.75, 3.05) is 18.1 Å². The van der Waals surface area contributed by atoms with E-state index in [2.05, 4.69) is 15.9 Å². The summed E-state index contributed by atoms with van der Waals surface area (Å²) in [6, 6.07) is 21.9. The minimum absolute atomic E-state index is 0.0620. The molecule has 0 saturated carbocycles. The third kappa shape index (κ3) is 5.21. The molecular weight excluding hydrogens is 545 g/mol. The SMILES string of the molecule is CCOP(=O)(OCC)O[C@@H](c1ccc(C)cc1)[C@@]1(O)C(=O)N(Cc2ccccc2)c2ccc(Br)cc21. The fraction of sp³-hybridized carbons (Fsp3) is 0.296. The molecule has 0 unspecified atom stereocenters. The van der Waals surface area contributed by atoms with Crippen LogP contribution in [0, 0.1) is 6.92 Å². The van der Waals surface area contributed by atoms with Gasteiger partial charge in [0.2, 0.25) is 5.60 Å². The minimum Gasteiger partial charge on any atom is -0.373 e. The Morgan fingerprint density at radius 3 is 2.25 bits per heavy atom.